The van der Waals surface area contributed by atoms with Crippen LogP contribution in [-0.4, -0.2) is 18.0 Å². The van der Waals surface area contributed by atoms with E-state index in [0.717, 1.165) is 6.08 Å². The summed E-state index contributed by atoms with van der Waals surface area (Å²) in [6.45, 7) is 1.42. The van der Waals surface area contributed by atoms with Crippen molar-refractivity contribution in [2.75, 3.05) is 5.32 Å². The Morgan fingerprint density at radius 2 is 1.54 bits per heavy atom. The number of hydrogen-bond donors (Lipinski definition) is 1. The SMILES string of the molecule is C[C@H](OC(=O)/C=C/c1ccc(F)cc1)C(=O)Nc1ccc(F)cc1. The van der Waals surface area contributed by atoms with Gasteiger partial charge in [-0.25, -0.2) is 13.6 Å². The quantitative estimate of drug-likeness (QED) is 0.673. The van der Waals surface area contributed by atoms with Gasteiger partial charge in [-0.05, 0) is 55.0 Å². The molecule has 2 aromatic rings. The fraction of sp³-hybridized carbons (Fsp3) is 0.111. The molecule has 24 heavy (non-hydrogen) atoms. The number of carbonyl (C=O) groups excluding carboxylic acids is 2. The van der Waals surface area contributed by atoms with E-state index in [1.165, 1.54) is 61.5 Å². The summed E-state index contributed by atoms with van der Waals surface area (Å²) in [6.07, 6.45) is 1.57. The van der Waals surface area contributed by atoms with Crippen molar-refractivity contribution >= 4 is 23.6 Å². The first-order valence-corrected chi connectivity index (χ1v) is 7.15. The molecule has 124 valence electrons. The van der Waals surface area contributed by atoms with Gasteiger partial charge in [0.05, 0.1) is 0 Å². The smallest absolute Gasteiger partial charge is 0.331 e. The fourth-order valence-electron chi connectivity index (χ4n) is 1.78. The highest BCUT2D eigenvalue weighted by molar-refractivity contribution is 5.96. The summed E-state index contributed by atoms with van der Waals surface area (Å²) in [5.74, 6) is -2.04. The summed E-state index contributed by atoms with van der Waals surface area (Å²) in [5.41, 5.74) is 1.02. The predicted molar refractivity (Wildman–Crippen MR) is 86.0 cm³/mol. The summed E-state index contributed by atoms with van der Waals surface area (Å²) in [7, 11) is 0. The number of rotatable bonds is 5. The molecule has 4 nitrogen and oxygen atoms in total. The molecule has 0 saturated heterocycles. The average molecular weight is 331 g/mol. The Morgan fingerprint density at radius 1 is 1.00 bits per heavy atom. The third kappa shape index (κ3) is 5.31. The number of anilines is 1. The molecule has 1 N–H and O–H groups in total. The van der Waals surface area contributed by atoms with Gasteiger partial charge in [0.1, 0.15) is 11.6 Å². The van der Waals surface area contributed by atoms with Gasteiger partial charge in [-0.15, -0.1) is 0 Å². The molecular weight excluding hydrogens is 316 g/mol. The van der Waals surface area contributed by atoms with Crippen molar-refractivity contribution in [2.45, 2.75) is 13.0 Å². The van der Waals surface area contributed by atoms with Gasteiger partial charge in [0.25, 0.3) is 5.91 Å². The van der Waals surface area contributed by atoms with Crippen LogP contribution in [0.1, 0.15) is 12.5 Å². The second-order valence-electron chi connectivity index (χ2n) is 4.96. The zero-order valence-electron chi connectivity index (χ0n) is 12.8. The maximum Gasteiger partial charge on any atom is 0.331 e. The third-order valence-corrected chi connectivity index (χ3v) is 3.06. The first-order chi connectivity index (χ1) is 11.4. The molecule has 0 radical (unpaired) electrons. The topological polar surface area (TPSA) is 55.4 Å². The van der Waals surface area contributed by atoms with Gasteiger partial charge in [-0.2, -0.15) is 0 Å². The van der Waals surface area contributed by atoms with Gasteiger partial charge in [0.2, 0.25) is 0 Å². The van der Waals surface area contributed by atoms with Crippen molar-refractivity contribution in [3.63, 3.8) is 0 Å². The van der Waals surface area contributed by atoms with E-state index in [4.69, 9.17) is 4.74 Å². The molecule has 0 bridgehead atoms. The lowest BCUT2D eigenvalue weighted by atomic mass is 10.2. The number of carbonyl (C=O) groups is 2. The van der Waals surface area contributed by atoms with E-state index in [9.17, 15) is 18.4 Å². The van der Waals surface area contributed by atoms with E-state index in [1.807, 2.05) is 0 Å². The number of hydrogen-bond acceptors (Lipinski definition) is 3. The van der Waals surface area contributed by atoms with Crippen molar-refractivity contribution in [1.29, 1.82) is 0 Å². The van der Waals surface area contributed by atoms with Gasteiger partial charge in [-0.3, -0.25) is 4.79 Å². The Kier molecular flexibility index (Phi) is 5.78. The standard InChI is InChI=1S/C18H15F2NO3/c1-12(18(23)21-16-9-7-15(20)8-10-16)24-17(22)11-4-13-2-5-14(19)6-3-13/h2-12H,1H3,(H,21,23)/b11-4+/t12-/m0/s1. The molecule has 0 heterocycles. The van der Waals surface area contributed by atoms with Gasteiger partial charge in [0, 0.05) is 11.8 Å². The number of nitrogens with one attached hydrogen (secondary N) is 1. The zero-order chi connectivity index (χ0) is 17.5. The largest absolute Gasteiger partial charge is 0.449 e. The molecule has 0 aliphatic rings. The number of amides is 1. The minimum absolute atomic E-state index is 0.374. The molecule has 0 aliphatic heterocycles. The molecule has 1 atom stereocenters. The van der Waals surface area contributed by atoms with E-state index < -0.39 is 23.8 Å². The van der Waals surface area contributed by atoms with E-state index >= 15 is 0 Å². The summed E-state index contributed by atoms with van der Waals surface area (Å²) in [5, 5.41) is 2.51. The molecule has 6 heteroatoms. The second kappa shape index (κ2) is 8.01. The normalized spacial score (nSPS) is 12.0. The van der Waals surface area contributed by atoms with Crippen molar-refractivity contribution in [1.82, 2.24) is 0 Å². The van der Waals surface area contributed by atoms with E-state index in [0.29, 0.717) is 11.3 Å². The third-order valence-electron chi connectivity index (χ3n) is 3.06. The van der Waals surface area contributed by atoms with Gasteiger partial charge in [0.15, 0.2) is 6.10 Å². The molecule has 1 amide bonds. The molecule has 2 rings (SSSR count). The Morgan fingerprint density at radius 3 is 2.12 bits per heavy atom. The van der Waals surface area contributed by atoms with Crippen LogP contribution in [0.15, 0.2) is 54.6 Å². The fourth-order valence-corrected chi connectivity index (χ4v) is 1.78. The number of benzene rings is 2. The van der Waals surface area contributed by atoms with E-state index in [2.05, 4.69) is 5.32 Å². The predicted octanol–water partition coefficient (Wildman–Crippen LogP) is 3.55. The monoisotopic (exact) mass is 331 g/mol. The van der Waals surface area contributed by atoms with Crippen molar-refractivity contribution < 1.29 is 23.1 Å². The molecule has 0 aliphatic carbocycles. The average Bonchev–Trinajstić information content (AvgIpc) is 2.56. The first-order valence-electron chi connectivity index (χ1n) is 7.15. The van der Waals surface area contributed by atoms with Crippen LogP contribution in [0.2, 0.25) is 0 Å². The van der Waals surface area contributed by atoms with Crippen LogP contribution in [0, 0.1) is 11.6 Å². The molecule has 2 aromatic carbocycles. The lowest BCUT2D eigenvalue weighted by Crippen LogP contribution is -2.29. The number of ether oxygens (including phenoxy) is 1. The highest BCUT2D eigenvalue weighted by atomic mass is 19.1. The maximum absolute atomic E-state index is 12.8. The lowest BCUT2D eigenvalue weighted by Gasteiger charge is -2.12. The molecular formula is C18H15F2NO3. The highest BCUT2D eigenvalue weighted by Gasteiger charge is 2.16. The van der Waals surface area contributed by atoms with Gasteiger partial charge >= 0.3 is 5.97 Å². The van der Waals surface area contributed by atoms with Gasteiger partial charge < -0.3 is 10.1 Å². The number of esters is 1. The Hall–Kier alpha value is -3.02. The summed E-state index contributed by atoms with van der Waals surface area (Å²) in [6, 6.07) is 10.8. The minimum atomic E-state index is -1.03. The lowest BCUT2D eigenvalue weighted by molar-refractivity contribution is -0.148. The number of halogens is 2. The maximum atomic E-state index is 12.8. The molecule has 0 aromatic heterocycles. The van der Waals surface area contributed by atoms with Crippen molar-refractivity contribution in [2.24, 2.45) is 0 Å². The van der Waals surface area contributed by atoms with Crippen LogP contribution in [-0.2, 0) is 14.3 Å². The van der Waals surface area contributed by atoms with Crippen LogP contribution in [0.4, 0.5) is 14.5 Å². The molecule has 0 spiro atoms. The summed E-state index contributed by atoms with van der Waals surface area (Å²) in [4.78, 5) is 23.6. The Balaban J connectivity index is 1.87. The van der Waals surface area contributed by atoms with Crippen LogP contribution in [0.25, 0.3) is 6.08 Å². The summed E-state index contributed by atoms with van der Waals surface area (Å²) < 4.78 is 30.5. The van der Waals surface area contributed by atoms with Crippen molar-refractivity contribution in [3.05, 3.63) is 71.8 Å². The Labute approximate surface area is 137 Å². The summed E-state index contributed by atoms with van der Waals surface area (Å²) >= 11 is 0. The van der Waals surface area contributed by atoms with Crippen LogP contribution < -0.4 is 5.32 Å². The second-order valence-corrected chi connectivity index (χ2v) is 4.96. The highest BCUT2D eigenvalue weighted by Crippen LogP contribution is 2.10. The minimum Gasteiger partial charge on any atom is -0.449 e. The molecule has 0 fully saturated rings. The Bertz CT molecular complexity index is 740. The van der Waals surface area contributed by atoms with Crippen LogP contribution in [0.3, 0.4) is 0 Å². The van der Waals surface area contributed by atoms with Gasteiger partial charge in [-0.1, -0.05) is 12.1 Å². The van der Waals surface area contributed by atoms with Crippen molar-refractivity contribution in [3.8, 4) is 0 Å². The van der Waals surface area contributed by atoms with Crippen LogP contribution >= 0.6 is 0 Å². The van der Waals surface area contributed by atoms with E-state index in [-0.39, 0.29) is 5.82 Å². The van der Waals surface area contributed by atoms with Crippen LogP contribution in [0.5, 0.6) is 0 Å². The molecule has 0 saturated carbocycles. The first kappa shape index (κ1) is 17.3. The van der Waals surface area contributed by atoms with E-state index in [1.54, 1.807) is 0 Å². The molecule has 0 unspecified atom stereocenters. The zero-order valence-corrected chi connectivity index (χ0v) is 12.8.